The number of para-hydroxylation sites is 1. The van der Waals surface area contributed by atoms with E-state index < -0.39 is 0 Å². The van der Waals surface area contributed by atoms with Crippen LogP contribution in [0.1, 0.15) is 25.6 Å². The Bertz CT molecular complexity index is 493. The maximum absolute atomic E-state index is 5.71. The Morgan fingerprint density at radius 2 is 1.95 bits per heavy atom. The van der Waals surface area contributed by atoms with Crippen molar-refractivity contribution in [3.8, 4) is 5.69 Å². The molecule has 2 rings (SSSR count). The second-order valence-electron chi connectivity index (χ2n) is 4.73. The molecule has 1 aromatic carbocycles. The van der Waals surface area contributed by atoms with Crippen LogP contribution in [0.2, 0.25) is 0 Å². The molecular formula is C15H21N3O. The minimum atomic E-state index is 0.130. The van der Waals surface area contributed by atoms with Crippen molar-refractivity contribution >= 4 is 0 Å². The Kier molecular flexibility index (Phi) is 4.71. The van der Waals surface area contributed by atoms with Crippen LogP contribution >= 0.6 is 0 Å². The number of hydrogen-bond donors (Lipinski definition) is 1. The maximum Gasteiger partial charge on any atom is 0.0731 e. The highest BCUT2D eigenvalue weighted by Crippen LogP contribution is 2.17. The monoisotopic (exact) mass is 259 g/mol. The lowest BCUT2D eigenvalue weighted by molar-refractivity contribution is 0.0614. The lowest BCUT2D eigenvalue weighted by atomic mass is 10.2. The lowest BCUT2D eigenvalue weighted by Crippen LogP contribution is -2.25. The molecule has 19 heavy (non-hydrogen) atoms. The van der Waals surface area contributed by atoms with Crippen LogP contribution in [0.15, 0.2) is 42.6 Å². The van der Waals surface area contributed by atoms with Gasteiger partial charge in [-0.2, -0.15) is 5.10 Å². The summed E-state index contributed by atoms with van der Waals surface area (Å²) in [4.78, 5) is 0. The summed E-state index contributed by atoms with van der Waals surface area (Å²) < 4.78 is 7.66. The Morgan fingerprint density at radius 3 is 2.58 bits per heavy atom. The number of hydrogen-bond acceptors (Lipinski definition) is 3. The van der Waals surface area contributed by atoms with E-state index in [9.17, 15) is 0 Å². The third-order valence-corrected chi connectivity index (χ3v) is 2.97. The molecule has 0 aliphatic rings. The number of nitrogens with zero attached hydrogens (tertiary/aromatic N) is 2. The van der Waals surface area contributed by atoms with Crippen molar-refractivity contribution in [1.29, 1.82) is 0 Å². The fraction of sp³-hybridized carbons (Fsp3) is 0.400. The van der Waals surface area contributed by atoms with Crippen LogP contribution in [0.25, 0.3) is 5.69 Å². The molecular weight excluding hydrogens is 238 g/mol. The van der Waals surface area contributed by atoms with Gasteiger partial charge in [-0.1, -0.05) is 18.2 Å². The molecule has 0 radical (unpaired) electrons. The molecule has 2 aromatic rings. The van der Waals surface area contributed by atoms with Crippen LogP contribution in [0.4, 0.5) is 0 Å². The van der Waals surface area contributed by atoms with Gasteiger partial charge in [0, 0.05) is 6.20 Å². The van der Waals surface area contributed by atoms with Crippen molar-refractivity contribution in [1.82, 2.24) is 15.1 Å². The highest BCUT2D eigenvalue weighted by Gasteiger charge is 2.16. The van der Waals surface area contributed by atoms with Crippen LogP contribution in [0.5, 0.6) is 0 Å². The molecule has 0 saturated carbocycles. The van der Waals surface area contributed by atoms with Gasteiger partial charge in [0.15, 0.2) is 0 Å². The first kappa shape index (κ1) is 13.8. The predicted octanol–water partition coefficient (Wildman–Crippen LogP) is 2.56. The van der Waals surface area contributed by atoms with E-state index >= 15 is 0 Å². The zero-order chi connectivity index (χ0) is 13.7. The Morgan fingerprint density at radius 1 is 1.21 bits per heavy atom. The third kappa shape index (κ3) is 3.43. The van der Waals surface area contributed by atoms with Crippen LogP contribution < -0.4 is 5.32 Å². The van der Waals surface area contributed by atoms with Crippen molar-refractivity contribution < 1.29 is 4.74 Å². The number of aromatic nitrogens is 2. The minimum Gasteiger partial charge on any atom is -0.377 e. The standard InChI is InChI=1S/C15H21N3O/c1-12(2)19-11-14(16-3)15-9-10-17-18(15)13-7-5-4-6-8-13/h4-10,12,14,16H,11H2,1-3H3. The summed E-state index contributed by atoms with van der Waals surface area (Å²) in [6.45, 7) is 4.72. The van der Waals surface area contributed by atoms with Gasteiger partial charge < -0.3 is 10.1 Å². The van der Waals surface area contributed by atoms with Gasteiger partial charge in [0.05, 0.1) is 30.1 Å². The van der Waals surface area contributed by atoms with E-state index in [4.69, 9.17) is 4.74 Å². The summed E-state index contributed by atoms with van der Waals surface area (Å²) in [6, 6.07) is 12.3. The summed E-state index contributed by atoms with van der Waals surface area (Å²) in [6.07, 6.45) is 2.05. The normalized spacial score (nSPS) is 12.8. The molecule has 0 aliphatic heterocycles. The molecule has 0 fully saturated rings. The van der Waals surface area contributed by atoms with Gasteiger partial charge in [0.2, 0.25) is 0 Å². The molecule has 1 N–H and O–H groups in total. The molecule has 1 atom stereocenters. The molecule has 0 saturated heterocycles. The molecule has 0 amide bonds. The number of nitrogens with one attached hydrogen (secondary N) is 1. The van der Waals surface area contributed by atoms with Crippen molar-refractivity contribution in [2.75, 3.05) is 13.7 Å². The molecule has 4 heteroatoms. The summed E-state index contributed by atoms with van der Waals surface area (Å²) in [5.41, 5.74) is 2.17. The van der Waals surface area contributed by atoms with Gasteiger partial charge in [-0.3, -0.25) is 0 Å². The smallest absolute Gasteiger partial charge is 0.0731 e. The number of rotatable bonds is 6. The number of benzene rings is 1. The molecule has 1 heterocycles. The highest BCUT2D eigenvalue weighted by atomic mass is 16.5. The highest BCUT2D eigenvalue weighted by molar-refractivity contribution is 5.33. The molecule has 102 valence electrons. The van der Waals surface area contributed by atoms with Crippen molar-refractivity contribution in [2.45, 2.75) is 26.0 Å². The molecule has 1 aromatic heterocycles. The van der Waals surface area contributed by atoms with E-state index in [1.165, 1.54) is 0 Å². The second-order valence-corrected chi connectivity index (χ2v) is 4.73. The fourth-order valence-corrected chi connectivity index (χ4v) is 1.97. The van der Waals surface area contributed by atoms with Gasteiger partial charge in [-0.15, -0.1) is 0 Å². The molecule has 1 unspecified atom stereocenters. The third-order valence-electron chi connectivity index (χ3n) is 2.97. The van der Waals surface area contributed by atoms with E-state index in [0.717, 1.165) is 11.4 Å². The summed E-state index contributed by atoms with van der Waals surface area (Å²) in [5, 5.41) is 7.69. The first-order chi connectivity index (χ1) is 9.22. The van der Waals surface area contributed by atoms with Crippen LogP contribution in [-0.4, -0.2) is 29.5 Å². The van der Waals surface area contributed by atoms with Gasteiger partial charge in [-0.05, 0) is 39.1 Å². The zero-order valence-corrected chi connectivity index (χ0v) is 11.7. The van der Waals surface area contributed by atoms with E-state index in [1.807, 2.05) is 68.2 Å². The summed E-state index contributed by atoms with van der Waals surface area (Å²) >= 11 is 0. The summed E-state index contributed by atoms with van der Waals surface area (Å²) in [5.74, 6) is 0. The van der Waals surface area contributed by atoms with Crippen LogP contribution in [-0.2, 0) is 4.74 Å². The lowest BCUT2D eigenvalue weighted by Gasteiger charge is -2.19. The molecule has 0 bridgehead atoms. The van der Waals surface area contributed by atoms with E-state index in [0.29, 0.717) is 6.61 Å². The second kappa shape index (κ2) is 6.50. The SMILES string of the molecule is CNC(COC(C)C)c1ccnn1-c1ccccc1. The van der Waals surface area contributed by atoms with E-state index in [2.05, 4.69) is 10.4 Å². The van der Waals surface area contributed by atoms with Gasteiger partial charge in [-0.25, -0.2) is 4.68 Å². The minimum absolute atomic E-state index is 0.130. The molecule has 0 aliphatic carbocycles. The Labute approximate surface area is 114 Å². The van der Waals surface area contributed by atoms with Crippen molar-refractivity contribution in [3.05, 3.63) is 48.3 Å². The average molecular weight is 259 g/mol. The maximum atomic E-state index is 5.71. The first-order valence-electron chi connectivity index (χ1n) is 6.60. The van der Waals surface area contributed by atoms with E-state index in [-0.39, 0.29) is 12.1 Å². The Balaban J connectivity index is 2.22. The van der Waals surface area contributed by atoms with Gasteiger partial charge >= 0.3 is 0 Å². The van der Waals surface area contributed by atoms with Gasteiger partial charge in [0.25, 0.3) is 0 Å². The predicted molar refractivity (Wildman–Crippen MR) is 76.5 cm³/mol. The van der Waals surface area contributed by atoms with Crippen molar-refractivity contribution in [3.63, 3.8) is 0 Å². The zero-order valence-electron chi connectivity index (χ0n) is 11.7. The Hall–Kier alpha value is -1.65. The average Bonchev–Trinajstić information content (AvgIpc) is 2.89. The summed E-state index contributed by atoms with van der Waals surface area (Å²) in [7, 11) is 1.94. The molecule has 0 spiro atoms. The van der Waals surface area contributed by atoms with E-state index in [1.54, 1.807) is 0 Å². The first-order valence-corrected chi connectivity index (χ1v) is 6.60. The quantitative estimate of drug-likeness (QED) is 0.866. The fourth-order valence-electron chi connectivity index (χ4n) is 1.97. The van der Waals surface area contributed by atoms with Gasteiger partial charge in [0.1, 0.15) is 0 Å². The molecule has 4 nitrogen and oxygen atoms in total. The van der Waals surface area contributed by atoms with Crippen LogP contribution in [0, 0.1) is 0 Å². The largest absolute Gasteiger partial charge is 0.377 e. The number of likely N-dealkylation sites (N-methyl/N-ethyl adjacent to an activating group) is 1. The van der Waals surface area contributed by atoms with Crippen molar-refractivity contribution in [2.24, 2.45) is 0 Å². The van der Waals surface area contributed by atoms with Crippen LogP contribution in [0.3, 0.4) is 0 Å². The number of ether oxygens (including phenoxy) is 1. The topological polar surface area (TPSA) is 39.1 Å².